The van der Waals surface area contributed by atoms with Gasteiger partial charge in [-0.05, 0) is 90.4 Å². The molecule has 64 heavy (non-hydrogen) atoms. The fourth-order valence-corrected chi connectivity index (χ4v) is 8.04. The van der Waals surface area contributed by atoms with Gasteiger partial charge in [-0.2, -0.15) is 0 Å². The number of ether oxygens (including phenoxy) is 2. The van der Waals surface area contributed by atoms with Gasteiger partial charge in [0.1, 0.15) is 43.2 Å². The third-order valence-electron chi connectivity index (χ3n) is 10.1. The number of allylic oxidation sites excluding steroid dienone is 10. The van der Waals surface area contributed by atoms with E-state index in [1.54, 1.807) is 6.92 Å². The number of hydrogen-bond acceptors (Lipinski definition) is 14. The Hall–Kier alpha value is -2.34. The van der Waals surface area contributed by atoms with Crippen LogP contribution in [-0.4, -0.2) is 114 Å². The molecular formula is C45H78O17P2. The van der Waals surface area contributed by atoms with Gasteiger partial charge in [0.15, 0.2) is 6.10 Å². The van der Waals surface area contributed by atoms with Gasteiger partial charge in [-0.15, -0.1) is 0 Å². The van der Waals surface area contributed by atoms with Gasteiger partial charge >= 0.3 is 27.6 Å². The summed E-state index contributed by atoms with van der Waals surface area (Å²) in [5.41, 5.74) is 0. The second-order valence-corrected chi connectivity index (χ2v) is 18.6. The summed E-state index contributed by atoms with van der Waals surface area (Å²) in [7, 11) is -10.7. The van der Waals surface area contributed by atoms with Gasteiger partial charge in [0.2, 0.25) is 0 Å². The minimum Gasteiger partial charge on any atom is -0.462 e. The number of aliphatic hydroxyl groups is 5. The Bertz CT molecular complexity index is 1490. The molecule has 19 heteroatoms. The molecule has 0 amide bonds. The monoisotopic (exact) mass is 952 g/mol. The first-order valence-electron chi connectivity index (χ1n) is 22.9. The van der Waals surface area contributed by atoms with Crippen LogP contribution in [0.1, 0.15) is 149 Å². The molecule has 0 saturated heterocycles. The molecule has 0 aromatic heterocycles. The Morgan fingerprint density at radius 2 is 1.03 bits per heavy atom. The second-order valence-electron chi connectivity index (χ2n) is 16.0. The summed E-state index contributed by atoms with van der Waals surface area (Å²) in [4.78, 5) is 54.2. The molecule has 1 rings (SSSR count). The summed E-state index contributed by atoms with van der Waals surface area (Å²) in [6.07, 6.45) is 23.2. The van der Waals surface area contributed by atoms with Crippen LogP contribution < -0.4 is 0 Å². The van der Waals surface area contributed by atoms with Crippen molar-refractivity contribution in [2.45, 2.75) is 198 Å². The molecule has 0 spiro atoms. The van der Waals surface area contributed by atoms with E-state index in [-0.39, 0.29) is 18.9 Å². The fraction of sp³-hybridized carbons (Fsp3) is 0.733. The SMILES string of the molecule is CCCCCC/C=C\CCCCCCCC(=O)O[C@H](COC(=O)CCC/C=C\C/C=C\C/C=C\C/C=C\CCC[C@@H](C)O)COP(=O)(O)O[C@H]1C(O)C(O)C(O)[C@@H](OP(=O)(O)O)C1O. The molecule has 9 atom stereocenters. The Balaban J connectivity index is 2.65. The van der Waals surface area contributed by atoms with Gasteiger partial charge in [-0.25, -0.2) is 9.13 Å². The Kier molecular flexibility index (Phi) is 33.4. The molecule has 1 aliphatic rings. The van der Waals surface area contributed by atoms with E-state index in [1.807, 2.05) is 18.2 Å². The van der Waals surface area contributed by atoms with Crippen molar-refractivity contribution in [1.29, 1.82) is 0 Å². The van der Waals surface area contributed by atoms with Gasteiger partial charge < -0.3 is 49.7 Å². The number of phosphoric ester groups is 2. The lowest BCUT2D eigenvalue weighted by Gasteiger charge is -2.43. The van der Waals surface area contributed by atoms with Crippen LogP contribution in [0.25, 0.3) is 0 Å². The van der Waals surface area contributed by atoms with Crippen molar-refractivity contribution in [3.8, 4) is 0 Å². The summed E-state index contributed by atoms with van der Waals surface area (Å²) < 4.78 is 49.2. The van der Waals surface area contributed by atoms with Crippen molar-refractivity contribution in [2.75, 3.05) is 13.2 Å². The zero-order valence-corrected chi connectivity index (χ0v) is 39.6. The third-order valence-corrected chi connectivity index (χ3v) is 11.6. The first-order chi connectivity index (χ1) is 30.5. The summed E-state index contributed by atoms with van der Waals surface area (Å²) in [5.74, 6) is -1.30. The molecule has 8 N–H and O–H groups in total. The molecule has 1 fully saturated rings. The second kappa shape index (κ2) is 35.8. The van der Waals surface area contributed by atoms with E-state index in [4.69, 9.17) is 28.3 Å². The molecule has 1 aliphatic carbocycles. The smallest absolute Gasteiger partial charge is 0.462 e. The maximum Gasteiger partial charge on any atom is 0.472 e. The highest BCUT2D eigenvalue weighted by molar-refractivity contribution is 7.47. The maximum atomic E-state index is 13.0. The van der Waals surface area contributed by atoms with Crippen LogP contribution >= 0.6 is 15.6 Å². The van der Waals surface area contributed by atoms with Gasteiger partial charge in [0.05, 0.1) is 12.7 Å². The Labute approximate surface area is 380 Å². The predicted molar refractivity (Wildman–Crippen MR) is 242 cm³/mol. The molecule has 370 valence electrons. The number of phosphoric acid groups is 2. The standard InChI is InChI=1S/C45H78O17P2/c1-3-4-5-6-7-8-9-13-18-21-24-27-30-33-39(48)60-37(35-59-64(56,57)62-45-42(51)40(49)41(50)44(43(45)52)61-63(53,54)55)34-58-38(47)32-29-26-23-20-17-15-12-10-11-14-16-19-22-25-28-31-36(2)46/h8-9,11-12,14-15,19-20,22-23,36-37,40-46,49-52H,3-7,10,13,16-18,21,24-35H2,1-2H3,(H,56,57)(H2,53,54,55)/b9-8-,14-11-,15-12-,22-19-,23-20-/t36-,37-,40?,41?,42?,43?,44-,45+/m1/s1. The molecule has 0 heterocycles. The lowest BCUT2D eigenvalue weighted by Crippen LogP contribution is -2.64. The van der Waals surface area contributed by atoms with Crippen molar-refractivity contribution < 1.29 is 82.0 Å². The van der Waals surface area contributed by atoms with Crippen LogP contribution in [0.4, 0.5) is 0 Å². The van der Waals surface area contributed by atoms with Crippen LogP contribution in [0, 0.1) is 0 Å². The highest BCUT2D eigenvalue weighted by Crippen LogP contribution is 2.49. The van der Waals surface area contributed by atoms with E-state index in [9.17, 15) is 49.1 Å². The van der Waals surface area contributed by atoms with Gasteiger partial charge in [-0.3, -0.25) is 23.2 Å². The summed E-state index contributed by atoms with van der Waals surface area (Å²) in [5, 5.41) is 50.5. The van der Waals surface area contributed by atoms with Crippen molar-refractivity contribution in [3.05, 3.63) is 60.8 Å². The topological polar surface area (TPSA) is 276 Å². The molecule has 5 unspecified atom stereocenters. The maximum absolute atomic E-state index is 13.0. The lowest BCUT2D eigenvalue weighted by molar-refractivity contribution is -0.216. The molecule has 17 nitrogen and oxygen atoms in total. The van der Waals surface area contributed by atoms with Crippen LogP contribution in [0.5, 0.6) is 0 Å². The minimum atomic E-state index is -5.37. The highest BCUT2D eigenvalue weighted by Gasteiger charge is 2.54. The summed E-state index contributed by atoms with van der Waals surface area (Å²) in [6, 6.07) is 0. The van der Waals surface area contributed by atoms with E-state index >= 15 is 0 Å². The summed E-state index contributed by atoms with van der Waals surface area (Å²) >= 11 is 0. The average molecular weight is 953 g/mol. The number of rotatable bonds is 37. The lowest BCUT2D eigenvalue weighted by atomic mass is 9.85. The molecule has 0 aliphatic heterocycles. The van der Waals surface area contributed by atoms with Crippen LogP contribution in [0.3, 0.4) is 0 Å². The van der Waals surface area contributed by atoms with Crippen molar-refractivity contribution >= 4 is 27.6 Å². The number of unbranched alkanes of at least 4 members (excludes halogenated alkanes) is 11. The first kappa shape index (κ1) is 59.7. The van der Waals surface area contributed by atoms with E-state index < -0.39 is 83.5 Å². The quantitative estimate of drug-likeness (QED) is 0.0132. The molecule has 1 saturated carbocycles. The van der Waals surface area contributed by atoms with Gasteiger partial charge in [0.25, 0.3) is 0 Å². The zero-order chi connectivity index (χ0) is 47.6. The number of carbonyl (C=O) groups excluding carboxylic acids is 2. The van der Waals surface area contributed by atoms with E-state index in [0.29, 0.717) is 19.3 Å². The van der Waals surface area contributed by atoms with Gasteiger partial charge in [-0.1, -0.05) is 106 Å². The minimum absolute atomic E-state index is 0.0136. The third kappa shape index (κ3) is 30.8. The van der Waals surface area contributed by atoms with E-state index in [0.717, 1.165) is 77.0 Å². The summed E-state index contributed by atoms with van der Waals surface area (Å²) in [6.45, 7) is 2.57. The van der Waals surface area contributed by atoms with Gasteiger partial charge in [0, 0.05) is 12.8 Å². The number of hydrogen-bond donors (Lipinski definition) is 8. The Morgan fingerprint density at radius 3 is 1.59 bits per heavy atom. The van der Waals surface area contributed by atoms with Crippen LogP contribution in [0.15, 0.2) is 60.8 Å². The van der Waals surface area contributed by atoms with Crippen LogP contribution in [-0.2, 0) is 41.8 Å². The molecule has 0 aromatic carbocycles. The molecule has 0 radical (unpaired) electrons. The average Bonchev–Trinajstić information content (AvgIpc) is 3.23. The number of aliphatic hydroxyl groups excluding tert-OH is 5. The van der Waals surface area contributed by atoms with E-state index in [2.05, 4.69) is 54.0 Å². The molecule has 0 bridgehead atoms. The van der Waals surface area contributed by atoms with Crippen LogP contribution in [0.2, 0.25) is 0 Å². The van der Waals surface area contributed by atoms with E-state index in [1.165, 1.54) is 25.7 Å². The normalized spacial score (nSPS) is 22.8. The highest BCUT2D eigenvalue weighted by atomic mass is 31.2. The Morgan fingerprint density at radius 1 is 0.562 bits per heavy atom. The molecular weight excluding hydrogens is 874 g/mol. The van der Waals surface area contributed by atoms with Crippen molar-refractivity contribution in [2.24, 2.45) is 0 Å². The van der Waals surface area contributed by atoms with Crippen molar-refractivity contribution in [3.63, 3.8) is 0 Å². The molecule has 0 aromatic rings. The largest absolute Gasteiger partial charge is 0.472 e. The zero-order valence-electron chi connectivity index (χ0n) is 37.8. The fourth-order valence-electron chi connectivity index (χ4n) is 6.50. The first-order valence-corrected chi connectivity index (χ1v) is 25.9. The predicted octanol–water partition coefficient (Wildman–Crippen LogP) is 7.25. The van der Waals surface area contributed by atoms with Crippen molar-refractivity contribution in [1.82, 2.24) is 0 Å². The number of esters is 2. The number of carbonyl (C=O) groups is 2.